The van der Waals surface area contributed by atoms with E-state index in [1.54, 1.807) is 22.7 Å². The minimum atomic E-state index is 0. The summed E-state index contributed by atoms with van der Waals surface area (Å²) in [6.45, 7) is 3.68. The highest BCUT2D eigenvalue weighted by atomic mass is 127. The Morgan fingerprint density at radius 3 is 2.77 bits per heavy atom. The normalized spacial score (nSPS) is 11.2. The monoisotopic (exact) mass is 514 g/mol. The Bertz CT molecular complexity index is 612. The Balaban J connectivity index is 0.00000242. The molecule has 0 unspecified atom stereocenters. The Kier molecular flexibility index (Phi) is 8.88. The zero-order chi connectivity index (χ0) is 15.2. The van der Waals surface area contributed by atoms with Crippen molar-refractivity contribution < 1.29 is 0 Å². The fourth-order valence-corrected chi connectivity index (χ4v) is 4.05. The van der Waals surface area contributed by atoms with Crippen molar-refractivity contribution in [3.8, 4) is 0 Å². The van der Waals surface area contributed by atoms with Crippen LogP contribution in [0.2, 0.25) is 0 Å². The van der Waals surface area contributed by atoms with Crippen LogP contribution >= 0.6 is 62.6 Å². The van der Waals surface area contributed by atoms with Gasteiger partial charge in [0.15, 0.2) is 5.96 Å². The van der Waals surface area contributed by atoms with Crippen molar-refractivity contribution in [3.63, 3.8) is 0 Å². The van der Waals surface area contributed by atoms with Crippen LogP contribution < -0.4 is 5.32 Å². The number of aliphatic imine (C=N–C) groups is 1. The van der Waals surface area contributed by atoms with E-state index in [0.29, 0.717) is 0 Å². The number of thiophene rings is 1. The molecule has 0 bridgehead atoms. The van der Waals surface area contributed by atoms with Crippen molar-refractivity contribution in [3.05, 3.63) is 36.9 Å². The van der Waals surface area contributed by atoms with Gasteiger partial charge in [0.05, 0.1) is 21.0 Å². The summed E-state index contributed by atoms with van der Waals surface area (Å²) in [5, 5.41) is 6.60. The third-order valence-corrected chi connectivity index (χ3v) is 5.43. The summed E-state index contributed by atoms with van der Waals surface area (Å²) in [7, 11) is 3.85. The van der Waals surface area contributed by atoms with E-state index < -0.39 is 0 Å². The van der Waals surface area contributed by atoms with Gasteiger partial charge in [-0.2, -0.15) is 0 Å². The van der Waals surface area contributed by atoms with Crippen LogP contribution in [-0.2, 0) is 13.0 Å². The molecule has 2 rings (SSSR count). The van der Waals surface area contributed by atoms with Crippen molar-refractivity contribution in [2.75, 3.05) is 20.6 Å². The molecule has 2 heterocycles. The van der Waals surface area contributed by atoms with E-state index in [9.17, 15) is 0 Å². The first kappa shape index (κ1) is 19.9. The van der Waals surface area contributed by atoms with E-state index in [-0.39, 0.29) is 24.0 Å². The number of hydrogen-bond acceptors (Lipinski definition) is 4. The maximum Gasteiger partial charge on any atom is 0.193 e. The van der Waals surface area contributed by atoms with Gasteiger partial charge in [0.1, 0.15) is 0 Å². The van der Waals surface area contributed by atoms with Crippen LogP contribution in [0.3, 0.4) is 0 Å². The second-order valence-corrected chi connectivity index (χ2v) is 8.25. The molecule has 0 fully saturated rings. The van der Waals surface area contributed by atoms with Crippen molar-refractivity contribution in [2.24, 2.45) is 4.99 Å². The molecule has 22 heavy (non-hydrogen) atoms. The van der Waals surface area contributed by atoms with Gasteiger partial charge in [-0.1, -0.05) is 0 Å². The number of nitrogens with one attached hydrogen (secondary N) is 1. The van der Waals surface area contributed by atoms with Crippen molar-refractivity contribution in [1.29, 1.82) is 0 Å². The van der Waals surface area contributed by atoms with Gasteiger partial charge in [-0.15, -0.1) is 46.7 Å². The predicted octanol–water partition coefficient (Wildman–Crippen LogP) is 4.14. The summed E-state index contributed by atoms with van der Waals surface area (Å²) in [6, 6.07) is 4.24. The molecule has 0 amide bonds. The van der Waals surface area contributed by atoms with Gasteiger partial charge >= 0.3 is 0 Å². The van der Waals surface area contributed by atoms with Crippen LogP contribution in [0.15, 0.2) is 26.3 Å². The van der Waals surface area contributed by atoms with Crippen LogP contribution in [0.4, 0.5) is 0 Å². The van der Waals surface area contributed by atoms with Crippen molar-refractivity contribution in [2.45, 2.75) is 19.9 Å². The number of halogens is 2. The highest BCUT2D eigenvalue weighted by Crippen LogP contribution is 2.22. The second kappa shape index (κ2) is 9.84. The first-order valence-electron chi connectivity index (χ1n) is 6.65. The van der Waals surface area contributed by atoms with Crippen LogP contribution in [0.5, 0.6) is 0 Å². The Labute approximate surface area is 165 Å². The lowest BCUT2D eigenvalue weighted by Gasteiger charge is -2.21. The molecule has 2 aromatic heterocycles. The molecule has 0 aliphatic rings. The molecule has 122 valence electrons. The van der Waals surface area contributed by atoms with E-state index >= 15 is 0 Å². The summed E-state index contributed by atoms with van der Waals surface area (Å²) in [5.41, 5.74) is 1.09. The third-order valence-electron chi connectivity index (χ3n) is 2.92. The van der Waals surface area contributed by atoms with Gasteiger partial charge in [0.25, 0.3) is 0 Å². The van der Waals surface area contributed by atoms with Crippen LogP contribution in [0, 0.1) is 6.92 Å². The van der Waals surface area contributed by atoms with E-state index in [1.165, 1.54) is 8.66 Å². The molecule has 1 N–H and O–H groups in total. The Morgan fingerprint density at radius 2 is 2.23 bits per heavy atom. The summed E-state index contributed by atoms with van der Waals surface area (Å²) < 4.78 is 1.18. The first-order valence-corrected chi connectivity index (χ1v) is 9.14. The number of nitrogens with zero attached hydrogens (tertiary/aromatic N) is 3. The molecular weight excluding hydrogens is 495 g/mol. The van der Waals surface area contributed by atoms with E-state index in [0.717, 1.165) is 36.2 Å². The third kappa shape index (κ3) is 6.13. The number of rotatable bonds is 5. The molecule has 0 spiro atoms. The van der Waals surface area contributed by atoms with Gasteiger partial charge in [0.2, 0.25) is 0 Å². The zero-order valence-corrected chi connectivity index (χ0v) is 18.3. The van der Waals surface area contributed by atoms with Gasteiger partial charge < -0.3 is 10.2 Å². The molecule has 8 heteroatoms. The molecule has 0 atom stereocenters. The molecule has 0 saturated carbocycles. The largest absolute Gasteiger partial charge is 0.356 e. The van der Waals surface area contributed by atoms with Gasteiger partial charge in [-0.3, -0.25) is 4.99 Å². The predicted molar refractivity (Wildman–Crippen MR) is 111 cm³/mol. The highest BCUT2D eigenvalue weighted by molar-refractivity contribution is 14.0. The lowest BCUT2D eigenvalue weighted by molar-refractivity contribution is 0.471. The molecule has 0 radical (unpaired) electrons. The van der Waals surface area contributed by atoms with Crippen molar-refractivity contribution >= 4 is 68.5 Å². The molecule has 0 aromatic carbocycles. The number of guanidine groups is 1. The minimum absolute atomic E-state index is 0. The average molecular weight is 515 g/mol. The van der Waals surface area contributed by atoms with Gasteiger partial charge in [0, 0.05) is 30.9 Å². The molecule has 0 aliphatic heterocycles. The van der Waals surface area contributed by atoms with Gasteiger partial charge in [-0.05, 0) is 41.4 Å². The lowest BCUT2D eigenvalue weighted by Crippen LogP contribution is -2.39. The summed E-state index contributed by atoms with van der Waals surface area (Å²) in [6.07, 6.45) is 0.999. The molecule has 2 aromatic rings. The zero-order valence-electron chi connectivity index (χ0n) is 12.8. The summed E-state index contributed by atoms with van der Waals surface area (Å²) >= 11 is 6.95. The standard InChI is InChI=1S/C14H19BrN4S2.HI/c1-10-18-11(9-20-10)8-19(3)14(16-2)17-7-6-12-4-5-13(15)21-12;/h4-5,9H,6-8H2,1-3H3,(H,16,17);1H. The Morgan fingerprint density at radius 1 is 1.45 bits per heavy atom. The Hall–Kier alpha value is -0.190. The number of aromatic nitrogens is 1. The minimum Gasteiger partial charge on any atom is -0.356 e. The van der Waals surface area contributed by atoms with Crippen molar-refractivity contribution in [1.82, 2.24) is 15.2 Å². The van der Waals surface area contributed by atoms with Crippen LogP contribution in [0.1, 0.15) is 15.6 Å². The smallest absolute Gasteiger partial charge is 0.193 e. The SMILES string of the molecule is CN=C(NCCc1ccc(Br)s1)N(C)Cc1csc(C)n1.I. The topological polar surface area (TPSA) is 40.5 Å². The fraction of sp³-hybridized carbons (Fsp3) is 0.429. The second-order valence-electron chi connectivity index (χ2n) is 4.64. The van der Waals surface area contributed by atoms with E-state index in [1.807, 2.05) is 21.0 Å². The van der Waals surface area contributed by atoms with E-state index in [2.05, 4.69) is 53.6 Å². The molecule has 0 saturated heterocycles. The summed E-state index contributed by atoms with van der Waals surface area (Å²) in [4.78, 5) is 12.3. The maximum absolute atomic E-state index is 4.49. The number of aryl methyl sites for hydroxylation is 1. The lowest BCUT2D eigenvalue weighted by atomic mass is 10.3. The number of thiazole rings is 1. The molecule has 0 aliphatic carbocycles. The molecule has 4 nitrogen and oxygen atoms in total. The fourth-order valence-electron chi connectivity index (χ4n) is 1.97. The van der Waals surface area contributed by atoms with Gasteiger partial charge in [-0.25, -0.2) is 4.98 Å². The summed E-state index contributed by atoms with van der Waals surface area (Å²) in [5.74, 6) is 0.899. The quantitative estimate of drug-likeness (QED) is 0.370. The van der Waals surface area contributed by atoms with Crippen LogP contribution in [-0.4, -0.2) is 36.5 Å². The maximum atomic E-state index is 4.49. The molecular formula is C14H20BrIN4S2. The van der Waals surface area contributed by atoms with E-state index in [4.69, 9.17) is 0 Å². The highest BCUT2D eigenvalue weighted by Gasteiger charge is 2.08. The average Bonchev–Trinajstić information content (AvgIpc) is 3.03. The first-order chi connectivity index (χ1) is 10.1. The number of hydrogen-bond donors (Lipinski definition) is 1. The van der Waals surface area contributed by atoms with Crippen LogP contribution in [0.25, 0.3) is 0 Å².